The van der Waals surface area contributed by atoms with E-state index in [1.807, 2.05) is 11.9 Å². The Morgan fingerprint density at radius 1 is 1.22 bits per heavy atom. The first-order valence-electron chi connectivity index (χ1n) is 8.11. The smallest absolute Gasteiger partial charge is 0.545 e. The van der Waals surface area contributed by atoms with Crippen molar-refractivity contribution in [3.05, 3.63) is 39.7 Å². The van der Waals surface area contributed by atoms with Crippen LogP contribution >= 0.6 is 0 Å². The number of likely N-dealkylation sites (N-methyl/N-ethyl adjacent to an activating group) is 1. The third-order valence-corrected chi connectivity index (χ3v) is 4.59. The maximum absolute atomic E-state index is 15.2. The van der Waals surface area contributed by atoms with E-state index in [2.05, 4.69) is 0 Å². The van der Waals surface area contributed by atoms with E-state index in [4.69, 9.17) is 0 Å². The van der Waals surface area contributed by atoms with Crippen molar-refractivity contribution in [3.63, 3.8) is 0 Å². The number of nitrogens with zero attached hydrogens (tertiary/aromatic N) is 3. The number of aromatic nitrogens is 1. The van der Waals surface area contributed by atoms with Crippen molar-refractivity contribution in [2.45, 2.75) is 6.54 Å². The number of alkyl halides is 1. The number of carboxylic acid groups (broad SMARTS) is 1. The molecule has 2 heterocycles. The number of aromatic carboxylic acids is 1. The molecule has 1 aromatic heterocycles. The summed E-state index contributed by atoms with van der Waals surface area (Å²) in [5.74, 6) is -3.74. The van der Waals surface area contributed by atoms with E-state index in [0.29, 0.717) is 26.2 Å². The Morgan fingerprint density at radius 3 is 2.41 bits per heavy atom. The van der Waals surface area contributed by atoms with Gasteiger partial charge in [-0.25, -0.2) is 13.2 Å². The molecule has 0 spiro atoms. The fourth-order valence-electron chi connectivity index (χ4n) is 3.21. The number of rotatable bonds is 4. The number of aryl methyl sites for hydroxylation is 1. The monoisotopic (exact) mass is 475 g/mol. The molecule has 10 heteroatoms. The van der Waals surface area contributed by atoms with Gasteiger partial charge < -0.3 is 24.3 Å². The number of carboxylic acids is 1. The summed E-state index contributed by atoms with van der Waals surface area (Å²) < 4.78 is 43.6. The summed E-state index contributed by atoms with van der Waals surface area (Å²) >= 11 is 0. The molecule has 150 valence electrons. The average Bonchev–Trinajstić information content (AvgIpc) is 2.58. The van der Waals surface area contributed by atoms with Gasteiger partial charge in [0.1, 0.15) is 18.2 Å². The van der Waals surface area contributed by atoms with Gasteiger partial charge >= 0.3 is 22.4 Å². The van der Waals surface area contributed by atoms with Crippen molar-refractivity contribution in [3.8, 4) is 0 Å². The second kappa shape index (κ2) is 8.47. The minimum Gasteiger partial charge on any atom is -0.545 e. The van der Waals surface area contributed by atoms with Gasteiger partial charge in [-0.15, -0.1) is 0 Å². The predicted octanol–water partition coefficient (Wildman–Crippen LogP) is 0.362. The van der Waals surface area contributed by atoms with Crippen molar-refractivity contribution in [2.24, 2.45) is 0 Å². The number of hydrogen-bond acceptors (Lipinski definition) is 5. The van der Waals surface area contributed by atoms with Gasteiger partial charge in [-0.05, 0) is 13.1 Å². The Morgan fingerprint density at radius 2 is 1.85 bits per heavy atom. The molecule has 27 heavy (non-hydrogen) atoms. The van der Waals surface area contributed by atoms with Gasteiger partial charge in [0.15, 0.2) is 11.2 Å². The second-order valence-corrected chi connectivity index (χ2v) is 6.25. The summed E-state index contributed by atoms with van der Waals surface area (Å²) in [7, 11) is 1.89. The van der Waals surface area contributed by atoms with E-state index in [-0.39, 0.29) is 40.1 Å². The van der Waals surface area contributed by atoms with Crippen molar-refractivity contribution >= 4 is 22.6 Å². The first-order chi connectivity index (χ1) is 12.3. The van der Waals surface area contributed by atoms with Crippen LogP contribution in [0.25, 0.3) is 10.9 Å². The minimum absolute atomic E-state index is 0. The van der Waals surface area contributed by atoms with Crippen LogP contribution in [0, 0.1) is 11.6 Å². The van der Waals surface area contributed by atoms with E-state index in [9.17, 15) is 23.5 Å². The molecule has 0 bridgehead atoms. The Hall–Kier alpha value is -1.81. The Kier molecular flexibility index (Phi) is 6.74. The standard InChI is InChI=1S/C17H18F3N3O3.Ag/c1-21-4-6-22(7-5-21)15-12(19)8-10-14(13(15)20)23(3-2-18)9-11(16(10)24)17(25)26;/h8-9H,2-7H2,1H3,(H,25,26);/q;+1/p-1. The molecular weight excluding hydrogens is 459 g/mol. The molecule has 0 amide bonds. The molecular formula is C17H17AgF3N3O3. The van der Waals surface area contributed by atoms with Crippen LogP contribution in [-0.4, -0.2) is 55.3 Å². The van der Waals surface area contributed by atoms with Crippen LogP contribution in [0.4, 0.5) is 18.9 Å². The first-order valence-corrected chi connectivity index (χ1v) is 8.11. The number of hydrogen-bond donors (Lipinski definition) is 0. The Bertz CT molecular complexity index is 927. The topological polar surface area (TPSA) is 68.6 Å². The SMILES string of the molecule is CN1CCN(c2c(F)cc3c(=O)c(C(=O)[O-])cn(CCF)c3c2F)CC1.[Ag+]. The van der Waals surface area contributed by atoms with Gasteiger partial charge in [-0.3, -0.25) is 4.79 Å². The minimum atomic E-state index is -1.78. The third kappa shape index (κ3) is 3.91. The molecule has 1 aromatic carbocycles. The number of pyridine rings is 1. The van der Waals surface area contributed by atoms with Crippen molar-refractivity contribution < 1.29 is 45.5 Å². The van der Waals surface area contributed by atoms with Gasteiger partial charge in [-0.2, -0.15) is 0 Å². The number of fused-ring (bicyclic) bond motifs is 1. The summed E-state index contributed by atoms with van der Waals surface area (Å²) in [5.41, 5.74) is -2.43. The maximum atomic E-state index is 15.2. The molecule has 1 saturated heterocycles. The zero-order chi connectivity index (χ0) is 19.0. The van der Waals surface area contributed by atoms with Crippen molar-refractivity contribution in [1.82, 2.24) is 9.47 Å². The molecule has 0 aliphatic carbocycles. The fourth-order valence-corrected chi connectivity index (χ4v) is 3.21. The zero-order valence-electron chi connectivity index (χ0n) is 14.4. The van der Waals surface area contributed by atoms with Crippen molar-refractivity contribution in [1.29, 1.82) is 0 Å². The van der Waals surface area contributed by atoms with Crippen molar-refractivity contribution in [2.75, 3.05) is 44.8 Å². The molecule has 1 aliphatic rings. The number of carbonyl (C=O) groups is 1. The molecule has 1 fully saturated rings. The van der Waals surface area contributed by atoms with Crippen LogP contribution in [0.2, 0.25) is 0 Å². The van der Waals surface area contributed by atoms with Gasteiger partial charge in [0.25, 0.3) is 0 Å². The largest absolute Gasteiger partial charge is 1.00 e. The number of halogens is 3. The van der Waals surface area contributed by atoms with Gasteiger partial charge in [-0.1, -0.05) is 0 Å². The molecule has 0 radical (unpaired) electrons. The summed E-state index contributed by atoms with van der Waals surface area (Å²) in [6, 6.07) is 0.815. The third-order valence-electron chi connectivity index (χ3n) is 4.59. The molecule has 3 rings (SSSR count). The molecule has 0 atom stereocenters. The second-order valence-electron chi connectivity index (χ2n) is 6.25. The predicted molar refractivity (Wildman–Crippen MR) is 88.1 cm³/mol. The Labute approximate surface area is 168 Å². The first kappa shape index (κ1) is 21.5. The molecule has 0 saturated carbocycles. The molecule has 6 nitrogen and oxygen atoms in total. The summed E-state index contributed by atoms with van der Waals surface area (Å²) in [6.07, 6.45) is 0.842. The fraction of sp³-hybridized carbons (Fsp3) is 0.412. The molecule has 0 N–H and O–H groups in total. The summed E-state index contributed by atoms with van der Waals surface area (Å²) in [5, 5.41) is 10.7. The summed E-state index contributed by atoms with van der Waals surface area (Å²) in [4.78, 5) is 26.9. The van der Waals surface area contributed by atoms with Crippen LogP contribution in [-0.2, 0) is 28.9 Å². The van der Waals surface area contributed by atoms with Crippen LogP contribution in [0.15, 0.2) is 17.1 Å². The normalized spacial score (nSPS) is 15.0. The van der Waals surface area contributed by atoms with Gasteiger partial charge in [0.05, 0.1) is 29.0 Å². The van der Waals surface area contributed by atoms with Crippen LogP contribution in [0.5, 0.6) is 0 Å². The quantitative estimate of drug-likeness (QED) is 0.597. The summed E-state index contributed by atoms with van der Waals surface area (Å²) in [6.45, 7) is 0.712. The van der Waals surface area contributed by atoms with Crippen LogP contribution < -0.4 is 15.4 Å². The van der Waals surface area contributed by atoms with E-state index >= 15 is 4.39 Å². The number of anilines is 1. The number of piperazine rings is 1. The van der Waals surface area contributed by atoms with Gasteiger partial charge in [0.2, 0.25) is 0 Å². The molecule has 1 aliphatic heterocycles. The molecule has 2 aromatic rings. The molecule has 0 unspecified atom stereocenters. The van der Waals surface area contributed by atoms with E-state index in [0.717, 1.165) is 16.8 Å². The van der Waals surface area contributed by atoms with Crippen LogP contribution in [0.3, 0.4) is 0 Å². The van der Waals surface area contributed by atoms with E-state index < -0.39 is 40.7 Å². The van der Waals surface area contributed by atoms with E-state index in [1.165, 1.54) is 4.90 Å². The maximum Gasteiger partial charge on any atom is 1.00 e. The van der Waals surface area contributed by atoms with E-state index in [1.54, 1.807) is 0 Å². The Balaban J connectivity index is 0.00000261. The average molecular weight is 476 g/mol. The zero-order valence-corrected chi connectivity index (χ0v) is 15.9. The van der Waals surface area contributed by atoms with Gasteiger partial charge in [0, 0.05) is 32.4 Å². The number of carbonyl (C=O) groups excluding carboxylic acids is 1. The number of benzene rings is 1. The van der Waals surface area contributed by atoms with Crippen LogP contribution in [0.1, 0.15) is 10.4 Å².